The number of hydrogen-bond acceptors (Lipinski definition) is 4. The van der Waals surface area contributed by atoms with E-state index >= 15 is 0 Å². The van der Waals surface area contributed by atoms with Crippen LogP contribution in [-0.2, 0) is 20.7 Å². The smallest absolute Gasteiger partial charge is 0.295 e. The molecule has 0 aliphatic carbocycles. The fourth-order valence-electron chi connectivity index (χ4n) is 4.85. The fraction of sp³-hybridized carbons (Fsp3) is 0.286. The van der Waals surface area contributed by atoms with Crippen LogP contribution in [0.15, 0.2) is 72.3 Å². The number of ether oxygens (including phenoxy) is 1. The molecule has 168 valence electrons. The van der Waals surface area contributed by atoms with Crippen LogP contribution in [0, 0.1) is 0 Å². The van der Waals surface area contributed by atoms with E-state index < -0.39 is 17.7 Å². The van der Waals surface area contributed by atoms with Gasteiger partial charge in [0.05, 0.1) is 17.7 Å². The molecule has 0 radical (unpaired) electrons. The first kappa shape index (κ1) is 21.4. The SMILES string of the molecule is CCc1ccc(C2/C(=C(/O)c3ccc4ccccc4c3)C(=O)C(=O)N2CC2CCCO2)cc1. The molecule has 2 saturated heterocycles. The molecule has 33 heavy (non-hydrogen) atoms. The molecular weight excluding hydrogens is 414 g/mol. The average molecular weight is 442 g/mol. The quantitative estimate of drug-likeness (QED) is 0.344. The third-order valence-corrected chi connectivity index (χ3v) is 6.69. The Hall–Kier alpha value is -3.44. The Bertz CT molecular complexity index is 1240. The monoisotopic (exact) mass is 441 g/mol. The van der Waals surface area contributed by atoms with Gasteiger partial charge in [-0.15, -0.1) is 0 Å². The lowest BCUT2D eigenvalue weighted by Gasteiger charge is -2.27. The molecule has 2 atom stereocenters. The average Bonchev–Trinajstić information content (AvgIpc) is 3.46. The van der Waals surface area contributed by atoms with E-state index in [1.807, 2.05) is 60.7 Å². The molecule has 5 rings (SSSR count). The second-order valence-corrected chi connectivity index (χ2v) is 8.74. The van der Waals surface area contributed by atoms with Gasteiger partial charge in [-0.1, -0.05) is 67.6 Å². The first-order valence-electron chi connectivity index (χ1n) is 11.5. The van der Waals surface area contributed by atoms with Crippen molar-refractivity contribution >= 4 is 28.2 Å². The molecule has 2 aliphatic heterocycles. The van der Waals surface area contributed by atoms with Gasteiger partial charge in [-0.3, -0.25) is 9.59 Å². The molecule has 2 unspecified atom stereocenters. The minimum absolute atomic E-state index is 0.0960. The summed E-state index contributed by atoms with van der Waals surface area (Å²) < 4.78 is 5.76. The minimum Gasteiger partial charge on any atom is -0.507 e. The normalized spacial score (nSPS) is 22.4. The third-order valence-electron chi connectivity index (χ3n) is 6.69. The first-order valence-corrected chi connectivity index (χ1v) is 11.5. The molecule has 2 aliphatic rings. The maximum atomic E-state index is 13.2. The van der Waals surface area contributed by atoms with Crippen molar-refractivity contribution in [3.05, 3.63) is 89.0 Å². The summed E-state index contributed by atoms with van der Waals surface area (Å²) in [5.74, 6) is -1.38. The zero-order chi connectivity index (χ0) is 22.9. The number of aliphatic hydroxyl groups excluding tert-OH is 1. The number of amides is 1. The number of carbonyl (C=O) groups excluding carboxylic acids is 2. The van der Waals surface area contributed by atoms with E-state index in [0.717, 1.165) is 35.6 Å². The number of aliphatic hydroxyl groups is 1. The number of fused-ring (bicyclic) bond motifs is 1. The van der Waals surface area contributed by atoms with Gasteiger partial charge in [-0.05, 0) is 47.2 Å². The maximum Gasteiger partial charge on any atom is 0.295 e. The largest absolute Gasteiger partial charge is 0.507 e. The highest BCUT2D eigenvalue weighted by atomic mass is 16.5. The Kier molecular flexibility index (Phi) is 5.73. The fourth-order valence-corrected chi connectivity index (χ4v) is 4.85. The molecule has 2 heterocycles. The number of rotatable bonds is 5. The van der Waals surface area contributed by atoms with E-state index in [1.54, 1.807) is 11.0 Å². The van der Waals surface area contributed by atoms with E-state index in [4.69, 9.17) is 4.74 Å². The zero-order valence-electron chi connectivity index (χ0n) is 18.7. The summed E-state index contributed by atoms with van der Waals surface area (Å²) >= 11 is 0. The second-order valence-electron chi connectivity index (χ2n) is 8.74. The number of ketones is 1. The zero-order valence-corrected chi connectivity index (χ0v) is 18.7. The molecule has 3 aromatic rings. The molecule has 3 aromatic carbocycles. The van der Waals surface area contributed by atoms with E-state index in [-0.39, 0.29) is 17.4 Å². The van der Waals surface area contributed by atoms with Crippen molar-refractivity contribution in [1.29, 1.82) is 0 Å². The van der Waals surface area contributed by atoms with Crippen LogP contribution in [0.4, 0.5) is 0 Å². The van der Waals surface area contributed by atoms with Gasteiger partial charge < -0.3 is 14.7 Å². The first-order chi connectivity index (χ1) is 16.1. The number of carbonyl (C=O) groups is 2. The van der Waals surface area contributed by atoms with Crippen molar-refractivity contribution in [1.82, 2.24) is 4.90 Å². The Labute approximate surface area is 193 Å². The highest BCUT2D eigenvalue weighted by molar-refractivity contribution is 6.46. The lowest BCUT2D eigenvalue weighted by Crippen LogP contribution is -2.36. The van der Waals surface area contributed by atoms with Gasteiger partial charge in [0.1, 0.15) is 5.76 Å². The molecule has 0 aromatic heterocycles. The van der Waals surface area contributed by atoms with Crippen LogP contribution in [0.2, 0.25) is 0 Å². The van der Waals surface area contributed by atoms with E-state index in [0.29, 0.717) is 18.7 Å². The summed E-state index contributed by atoms with van der Waals surface area (Å²) in [6, 6.07) is 20.7. The van der Waals surface area contributed by atoms with Crippen molar-refractivity contribution in [2.24, 2.45) is 0 Å². The molecule has 2 fully saturated rings. The van der Waals surface area contributed by atoms with Gasteiger partial charge in [-0.2, -0.15) is 0 Å². The number of likely N-dealkylation sites (tertiary alicyclic amines) is 1. The lowest BCUT2D eigenvalue weighted by atomic mass is 9.93. The number of nitrogens with zero attached hydrogens (tertiary/aromatic N) is 1. The number of hydrogen-bond donors (Lipinski definition) is 1. The van der Waals surface area contributed by atoms with Crippen molar-refractivity contribution in [2.75, 3.05) is 13.2 Å². The Morgan fingerprint density at radius 3 is 2.48 bits per heavy atom. The molecule has 5 nitrogen and oxygen atoms in total. The Balaban J connectivity index is 1.62. The molecule has 0 spiro atoms. The maximum absolute atomic E-state index is 13.2. The molecule has 0 saturated carbocycles. The van der Waals surface area contributed by atoms with Crippen LogP contribution in [0.25, 0.3) is 16.5 Å². The number of aryl methyl sites for hydroxylation is 1. The second kappa shape index (κ2) is 8.83. The van der Waals surface area contributed by atoms with Crippen LogP contribution < -0.4 is 0 Å². The summed E-state index contributed by atoms with van der Waals surface area (Å²) in [5, 5.41) is 13.3. The van der Waals surface area contributed by atoms with E-state index in [9.17, 15) is 14.7 Å². The molecular formula is C28H27NO4. The molecule has 5 heteroatoms. The lowest BCUT2D eigenvalue weighted by molar-refractivity contribution is -0.140. The summed E-state index contributed by atoms with van der Waals surface area (Å²) in [6.45, 7) is 3.08. The van der Waals surface area contributed by atoms with Gasteiger partial charge in [0.2, 0.25) is 0 Å². The van der Waals surface area contributed by atoms with Gasteiger partial charge >= 0.3 is 0 Å². The number of Topliss-reactive ketones (excluding diaryl/α,β-unsaturated/α-hetero) is 1. The minimum atomic E-state index is -0.650. The predicted molar refractivity (Wildman–Crippen MR) is 128 cm³/mol. The van der Waals surface area contributed by atoms with Crippen molar-refractivity contribution < 1.29 is 19.4 Å². The summed E-state index contributed by atoms with van der Waals surface area (Å²) in [7, 11) is 0. The van der Waals surface area contributed by atoms with Gasteiger partial charge in [0.25, 0.3) is 11.7 Å². The predicted octanol–water partition coefficient (Wildman–Crippen LogP) is 5.00. The third kappa shape index (κ3) is 3.93. The highest BCUT2D eigenvalue weighted by Gasteiger charge is 2.47. The van der Waals surface area contributed by atoms with Crippen molar-refractivity contribution in [3.63, 3.8) is 0 Å². The summed E-state index contributed by atoms with van der Waals surface area (Å²) in [6.07, 6.45) is 2.60. The van der Waals surface area contributed by atoms with E-state index in [1.165, 1.54) is 5.56 Å². The van der Waals surface area contributed by atoms with Crippen LogP contribution in [0.3, 0.4) is 0 Å². The standard InChI is InChI=1S/C28H27NO4/c1-2-18-9-11-20(12-10-18)25-24(27(31)28(32)29(25)17-23-8-5-15-33-23)26(30)22-14-13-19-6-3-4-7-21(19)16-22/h3-4,6-7,9-14,16,23,25,30H,2,5,8,15,17H2,1H3/b26-24-. The van der Waals surface area contributed by atoms with Crippen molar-refractivity contribution in [3.8, 4) is 0 Å². The topological polar surface area (TPSA) is 66.8 Å². The van der Waals surface area contributed by atoms with Crippen molar-refractivity contribution in [2.45, 2.75) is 38.3 Å². The van der Waals surface area contributed by atoms with Crippen LogP contribution >= 0.6 is 0 Å². The van der Waals surface area contributed by atoms with Gasteiger partial charge in [0, 0.05) is 18.7 Å². The number of benzene rings is 3. The van der Waals surface area contributed by atoms with Crippen LogP contribution in [-0.4, -0.2) is 41.0 Å². The van der Waals surface area contributed by atoms with Gasteiger partial charge in [-0.25, -0.2) is 0 Å². The summed E-state index contributed by atoms with van der Waals surface area (Å²) in [4.78, 5) is 27.9. The van der Waals surface area contributed by atoms with Crippen LogP contribution in [0.1, 0.15) is 42.5 Å². The highest BCUT2D eigenvalue weighted by Crippen LogP contribution is 2.40. The molecule has 1 amide bonds. The van der Waals surface area contributed by atoms with E-state index in [2.05, 4.69) is 6.92 Å². The van der Waals surface area contributed by atoms with Crippen LogP contribution in [0.5, 0.6) is 0 Å². The molecule has 1 N–H and O–H groups in total. The Morgan fingerprint density at radius 2 is 1.79 bits per heavy atom. The molecule has 0 bridgehead atoms. The Morgan fingerprint density at radius 1 is 1.03 bits per heavy atom. The van der Waals surface area contributed by atoms with Gasteiger partial charge in [0.15, 0.2) is 0 Å². The summed E-state index contributed by atoms with van der Waals surface area (Å²) in [5.41, 5.74) is 2.65.